The van der Waals surface area contributed by atoms with Crippen molar-refractivity contribution in [2.45, 2.75) is 51.5 Å². The molecule has 1 rings (SSSR count). The van der Waals surface area contributed by atoms with Gasteiger partial charge in [-0.05, 0) is 38.0 Å². The summed E-state index contributed by atoms with van der Waals surface area (Å²) in [5.41, 5.74) is 0. The van der Waals surface area contributed by atoms with Crippen LogP contribution in [0.15, 0.2) is 0 Å². The average molecular weight is 258 g/mol. The summed E-state index contributed by atoms with van der Waals surface area (Å²) >= 11 is 0. The zero-order chi connectivity index (χ0) is 12.9. The van der Waals surface area contributed by atoms with Gasteiger partial charge in [0.15, 0.2) is 0 Å². The zero-order valence-corrected chi connectivity index (χ0v) is 11.5. The summed E-state index contributed by atoms with van der Waals surface area (Å²) in [5, 5.41) is 8.64. The number of hydrogen-bond donors (Lipinski definition) is 0. The molecule has 0 unspecified atom stereocenters. The smallest absolute Gasteiger partial charge is 0.212 e. The number of nitriles is 1. The van der Waals surface area contributed by atoms with E-state index in [4.69, 9.17) is 5.26 Å². The maximum Gasteiger partial charge on any atom is 0.214 e. The normalized spacial score (nSPS) is 25.8. The number of sulfonamides is 1. The lowest BCUT2D eigenvalue weighted by Crippen LogP contribution is -2.40. The summed E-state index contributed by atoms with van der Waals surface area (Å²) in [5.74, 6) is 0.709. The van der Waals surface area contributed by atoms with Crippen LogP contribution in [0.3, 0.4) is 0 Å². The second-order valence-electron chi connectivity index (χ2n) is 4.87. The molecule has 0 aliphatic heterocycles. The zero-order valence-electron chi connectivity index (χ0n) is 10.7. The van der Waals surface area contributed by atoms with Crippen molar-refractivity contribution in [2.75, 3.05) is 12.8 Å². The summed E-state index contributed by atoms with van der Waals surface area (Å²) in [7, 11) is -1.38. The number of rotatable bonds is 5. The average Bonchev–Trinajstić information content (AvgIpc) is 2.29. The summed E-state index contributed by atoms with van der Waals surface area (Å²) in [4.78, 5) is 0. The summed E-state index contributed by atoms with van der Waals surface area (Å²) in [6, 6.07) is 2.34. The molecule has 0 amide bonds. The molecular formula is C12H22N2O2S. The van der Waals surface area contributed by atoms with E-state index in [1.54, 1.807) is 11.4 Å². The van der Waals surface area contributed by atoms with E-state index in [0.717, 1.165) is 25.7 Å². The lowest BCUT2D eigenvalue weighted by atomic mass is 9.84. The largest absolute Gasteiger partial charge is 0.214 e. The van der Waals surface area contributed by atoms with Crippen molar-refractivity contribution in [1.29, 1.82) is 5.26 Å². The highest BCUT2D eigenvalue weighted by molar-refractivity contribution is 7.89. The molecular weight excluding hydrogens is 236 g/mol. The van der Waals surface area contributed by atoms with Gasteiger partial charge in [-0.25, -0.2) is 12.7 Å². The van der Waals surface area contributed by atoms with Crippen LogP contribution in [0.4, 0.5) is 0 Å². The predicted molar refractivity (Wildman–Crippen MR) is 67.8 cm³/mol. The van der Waals surface area contributed by atoms with Crippen LogP contribution in [0.25, 0.3) is 0 Å². The van der Waals surface area contributed by atoms with Crippen LogP contribution < -0.4 is 0 Å². The van der Waals surface area contributed by atoms with Gasteiger partial charge in [0.05, 0.1) is 11.8 Å². The summed E-state index contributed by atoms with van der Waals surface area (Å²) < 4.78 is 25.4. The second kappa shape index (κ2) is 6.36. The molecule has 1 aliphatic rings. The van der Waals surface area contributed by atoms with E-state index in [0.29, 0.717) is 18.8 Å². The Labute approximate surface area is 105 Å². The van der Waals surface area contributed by atoms with E-state index >= 15 is 0 Å². The van der Waals surface area contributed by atoms with Gasteiger partial charge in [0, 0.05) is 19.5 Å². The van der Waals surface area contributed by atoms with E-state index in [2.05, 4.69) is 6.07 Å². The van der Waals surface area contributed by atoms with Crippen molar-refractivity contribution >= 4 is 10.0 Å². The Morgan fingerprint density at radius 2 is 1.88 bits per heavy atom. The third kappa shape index (κ3) is 3.97. The first-order valence-corrected chi connectivity index (χ1v) is 7.94. The Hall–Kier alpha value is -0.600. The Morgan fingerprint density at radius 3 is 2.35 bits per heavy atom. The second-order valence-corrected chi connectivity index (χ2v) is 7.02. The van der Waals surface area contributed by atoms with Crippen LogP contribution >= 0.6 is 0 Å². The topological polar surface area (TPSA) is 61.2 Å². The molecule has 1 fully saturated rings. The standard InChI is InChI=1S/C12H22N2O2S/c1-3-10-17(15,16)14(2)12-6-4-11(5-7-12)8-9-13/h11-12H,3-8,10H2,1-2H3. The molecule has 5 heteroatoms. The maximum atomic E-state index is 11.9. The van der Waals surface area contributed by atoms with Gasteiger partial charge in [-0.1, -0.05) is 6.92 Å². The van der Waals surface area contributed by atoms with Gasteiger partial charge in [0.25, 0.3) is 0 Å². The fraction of sp³-hybridized carbons (Fsp3) is 0.917. The van der Waals surface area contributed by atoms with Crippen molar-refractivity contribution in [3.63, 3.8) is 0 Å². The fourth-order valence-electron chi connectivity index (χ4n) is 2.47. The maximum absolute atomic E-state index is 11.9. The van der Waals surface area contributed by atoms with Gasteiger partial charge in [-0.2, -0.15) is 5.26 Å². The lowest BCUT2D eigenvalue weighted by Gasteiger charge is -2.33. The SMILES string of the molecule is CCCS(=O)(=O)N(C)C1CCC(CC#N)CC1. The molecule has 0 atom stereocenters. The minimum atomic E-state index is -3.07. The van der Waals surface area contributed by atoms with Crippen LogP contribution in [0.2, 0.25) is 0 Å². The van der Waals surface area contributed by atoms with E-state index in [1.807, 2.05) is 6.92 Å². The highest BCUT2D eigenvalue weighted by Gasteiger charge is 2.29. The van der Waals surface area contributed by atoms with Crippen molar-refractivity contribution in [3.05, 3.63) is 0 Å². The molecule has 4 nitrogen and oxygen atoms in total. The molecule has 1 aliphatic carbocycles. The highest BCUT2D eigenvalue weighted by Crippen LogP contribution is 2.30. The highest BCUT2D eigenvalue weighted by atomic mass is 32.2. The third-order valence-corrected chi connectivity index (χ3v) is 5.71. The third-order valence-electron chi connectivity index (χ3n) is 3.61. The Bertz CT molecular complexity index is 364. The first kappa shape index (κ1) is 14.5. The molecule has 98 valence electrons. The monoisotopic (exact) mass is 258 g/mol. The Balaban J connectivity index is 2.52. The number of nitrogens with zero attached hydrogens (tertiary/aromatic N) is 2. The van der Waals surface area contributed by atoms with Crippen molar-refractivity contribution in [2.24, 2.45) is 5.92 Å². The Kier molecular flexibility index (Phi) is 5.41. The lowest BCUT2D eigenvalue weighted by molar-refractivity contribution is 0.238. The molecule has 17 heavy (non-hydrogen) atoms. The minimum absolute atomic E-state index is 0.140. The van der Waals surface area contributed by atoms with E-state index in [-0.39, 0.29) is 11.8 Å². The molecule has 0 N–H and O–H groups in total. The van der Waals surface area contributed by atoms with Gasteiger partial charge in [0.1, 0.15) is 0 Å². The quantitative estimate of drug-likeness (QED) is 0.759. The van der Waals surface area contributed by atoms with Gasteiger partial charge in [0.2, 0.25) is 10.0 Å². The molecule has 0 heterocycles. The van der Waals surface area contributed by atoms with Gasteiger partial charge in [-0.3, -0.25) is 0 Å². The first-order valence-electron chi connectivity index (χ1n) is 6.34. The van der Waals surface area contributed by atoms with Gasteiger partial charge in [-0.15, -0.1) is 0 Å². The van der Waals surface area contributed by atoms with Crippen molar-refractivity contribution < 1.29 is 8.42 Å². The summed E-state index contributed by atoms with van der Waals surface area (Å²) in [6.07, 6.45) is 5.01. The molecule has 0 radical (unpaired) electrons. The molecule has 0 aromatic heterocycles. The molecule has 0 bridgehead atoms. The molecule has 1 saturated carbocycles. The van der Waals surface area contributed by atoms with Crippen molar-refractivity contribution in [1.82, 2.24) is 4.31 Å². The van der Waals surface area contributed by atoms with Crippen LogP contribution in [0.5, 0.6) is 0 Å². The van der Waals surface area contributed by atoms with Crippen LogP contribution in [0, 0.1) is 17.2 Å². The molecule has 0 aromatic carbocycles. The van der Waals surface area contributed by atoms with Gasteiger partial charge < -0.3 is 0 Å². The van der Waals surface area contributed by atoms with Gasteiger partial charge >= 0.3 is 0 Å². The first-order chi connectivity index (χ1) is 8.01. The Morgan fingerprint density at radius 1 is 1.29 bits per heavy atom. The summed E-state index contributed by atoms with van der Waals surface area (Å²) in [6.45, 7) is 1.88. The molecule has 0 aromatic rings. The van der Waals surface area contributed by atoms with Crippen LogP contribution in [-0.4, -0.2) is 31.6 Å². The van der Waals surface area contributed by atoms with E-state index in [9.17, 15) is 8.42 Å². The molecule has 0 spiro atoms. The van der Waals surface area contributed by atoms with Crippen LogP contribution in [0.1, 0.15) is 45.4 Å². The minimum Gasteiger partial charge on any atom is -0.212 e. The number of hydrogen-bond acceptors (Lipinski definition) is 3. The van der Waals surface area contributed by atoms with E-state index < -0.39 is 10.0 Å². The fourth-order valence-corrected chi connectivity index (χ4v) is 3.94. The van der Waals surface area contributed by atoms with Crippen molar-refractivity contribution in [3.8, 4) is 6.07 Å². The van der Waals surface area contributed by atoms with E-state index in [1.165, 1.54) is 0 Å². The predicted octanol–water partition coefficient (Wildman–Crippen LogP) is 2.13. The van der Waals surface area contributed by atoms with Crippen LogP contribution in [-0.2, 0) is 10.0 Å². The molecule has 0 saturated heterocycles.